The third-order valence-electron chi connectivity index (χ3n) is 4.10. The third kappa shape index (κ3) is 3.74. The molecule has 2 rings (SSSR count). The van der Waals surface area contributed by atoms with E-state index in [4.69, 9.17) is 11.6 Å². The van der Waals surface area contributed by atoms with Crippen LogP contribution in [0.25, 0.3) is 0 Å². The van der Waals surface area contributed by atoms with Gasteiger partial charge in [-0.2, -0.15) is 0 Å². The largest absolute Gasteiger partial charge is 0.345 e. The van der Waals surface area contributed by atoms with Crippen molar-refractivity contribution in [2.75, 3.05) is 0 Å². The molecule has 0 aliphatic heterocycles. The summed E-state index contributed by atoms with van der Waals surface area (Å²) < 4.78 is 0. The van der Waals surface area contributed by atoms with Gasteiger partial charge in [-0.05, 0) is 56.0 Å². The predicted octanol–water partition coefficient (Wildman–Crippen LogP) is 4.66. The van der Waals surface area contributed by atoms with Gasteiger partial charge < -0.3 is 5.32 Å². The normalized spacial score (nSPS) is 11.9. The molecule has 0 spiro atoms. The van der Waals surface area contributed by atoms with Crippen molar-refractivity contribution in [3.8, 4) is 0 Å². The van der Waals surface area contributed by atoms with Crippen LogP contribution in [0.15, 0.2) is 30.3 Å². The lowest BCUT2D eigenvalue weighted by Gasteiger charge is -2.18. The molecule has 6 heteroatoms. The average Bonchev–Trinajstić information content (AvgIpc) is 2.50. The molecule has 0 aliphatic rings. The summed E-state index contributed by atoms with van der Waals surface area (Å²) in [5.74, 6) is -0.436. The lowest BCUT2D eigenvalue weighted by Crippen LogP contribution is -2.27. The fourth-order valence-electron chi connectivity index (χ4n) is 2.60. The predicted molar refractivity (Wildman–Crippen MR) is 94.6 cm³/mol. The second-order valence-corrected chi connectivity index (χ2v) is 6.32. The maximum Gasteiger partial charge on any atom is 0.270 e. The van der Waals surface area contributed by atoms with Crippen LogP contribution in [0.1, 0.15) is 45.6 Å². The maximum atomic E-state index is 12.5. The Kier molecular flexibility index (Phi) is 5.24. The van der Waals surface area contributed by atoms with Crippen molar-refractivity contribution in [1.29, 1.82) is 0 Å². The summed E-state index contributed by atoms with van der Waals surface area (Å²) in [4.78, 5) is 22.8. The van der Waals surface area contributed by atoms with Crippen molar-refractivity contribution >= 4 is 23.2 Å². The van der Waals surface area contributed by atoms with E-state index in [9.17, 15) is 14.9 Å². The maximum absolute atomic E-state index is 12.5. The molecule has 0 aliphatic carbocycles. The van der Waals surface area contributed by atoms with E-state index < -0.39 is 10.8 Å². The first kappa shape index (κ1) is 17.9. The Morgan fingerprint density at radius 2 is 1.75 bits per heavy atom. The van der Waals surface area contributed by atoms with E-state index in [0.717, 1.165) is 16.7 Å². The topological polar surface area (TPSA) is 72.2 Å². The molecule has 2 aromatic rings. The molecule has 0 unspecified atom stereocenters. The molecule has 0 saturated carbocycles. The highest BCUT2D eigenvalue weighted by molar-refractivity contribution is 6.33. The number of hydrogen-bond acceptors (Lipinski definition) is 3. The lowest BCUT2D eigenvalue weighted by atomic mass is 9.96. The third-order valence-corrected chi connectivity index (χ3v) is 4.43. The Hall–Kier alpha value is -2.40. The van der Waals surface area contributed by atoms with E-state index in [2.05, 4.69) is 11.4 Å². The van der Waals surface area contributed by atoms with Crippen LogP contribution in [0.4, 0.5) is 5.69 Å². The number of benzene rings is 2. The highest BCUT2D eigenvalue weighted by atomic mass is 35.5. The molecule has 0 aromatic heterocycles. The number of nitrogens with zero attached hydrogens (tertiary/aromatic N) is 1. The Morgan fingerprint density at radius 1 is 1.12 bits per heavy atom. The first-order valence-corrected chi connectivity index (χ1v) is 7.91. The molecule has 1 N–H and O–H groups in total. The molecule has 2 aromatic carbocycles. The monoisotopic (exact) mass is 346 g/mol. The Bertz CT molecular complexity index is 818. The van der Waals surface area contributed by atoms with E-state index in [0.29, 0.717) is 0 Å². The Morgan fingerprint density at radius 3 is 2.38 bits per heavy atom. The first-order chi connectivity index (χ1) is 11.2. The molecule has 0 fully saturated rings. The van der Waals surface area contributed by atoms with E-state index in [-0.39, 0.29) is 22.3 Å². The van der Waals surface area contributed by atoms with Gasteiger partial charge in [0.15, 0.2) is 0 Å². The number of aryl methyl sites for hydroxylation is 3. The molecular formula is C18H19ClN2O3. The van der Waals surface area contributed by atoms with E-state index in [1.165, 1.54) is 23.8 Å². The second kappa shape index (κ2) is 7.01. The molecular weight excluding hydrogens is 328 g/mol. The molecule has 0 heterocycles. The Balaban J connectivity index is 2.28. The summed E-state index contributed by atoms with van der Waals surface area (Å²) in [6.07, 6.45) is 0. The zero-order valence-electron chi connectivity index (χ0n) is 14.0. The van der Waals surface area contributed by atoms with Gasteiger partial charge in [0.1, 0.15) is 0 Å². The molecule has 0 saturated heterocycles. The number of hydrogen-bond donors (Lipinski definition) is 1. The quantitative estimate of drug-likeness (QED) is 0.646. The summed E-state index contributed by atoms with van der Waals surface area (Å²) in [7, 11) is 0. The van der Waals surface area contributed by atoms with Gasteiger partial charge in [-0.1, -0.05) is 23.7 Å². The molecule has 0 radical (unpaired) electrons. The van der Waals surface area contributed by atoms with Gasteiger partial charge in [0.25, 0.3) is 11.6 Å². The van der Waals surface area contributed by atoms with Gasteiger partial charge in [0.05, 0.1) is 21.6 Å². The number of nitro groups is 1. The number of carbonyl (C=O) groups excluding carboxylic acids is 1. The number of rotatable bonds is 4. The van der Waals surface area contributed by atoms with Gasteiger partial charge in [0, 0.05) is 12.1 Å². The number of amides is 1. The van der Waals surface area contributed by atoms with Crippen LogP contribution >= 0.6 is 11.6 Å². The van der Waals surface area contributed by atoms with Crippen LogP contribution in [-0.4, -0.2) is 10.8 Å². The van der Waals surface area contributed by atoms with E-state index in [1.807, 2.05) is 33.8 Å². The van der Waals surface area contributed by atoms with Crippen LogP contribution in [0.2, 0.25) is 5.02 Å². The minimum Gasteiger partial charge on any atom is -0.345 e. The highest BCUT2D eigenvalue weighted by Gasteiger charge is 2.19. The number of non-ortho nitro benzene ring substituents is 1. The van der Waals surface area contributed by atoms with E-state index in [1.54, 1.807) is 0 Å². The summed E-state index contributed by atoms with van der Waals surface area (Å²) in [6, 6.07) is 7.71. The molecule has 5 nitrogen and oxygen atoms in total. The summed E-state index contributed by atoms with van der Waals surface area (Å²) >= 11 is 6.02. The fraction of sp³-hybridized carbons (Fsp3) is 0.278. The van der Waals surface area contributed by atoms with Crippen LogP contribution in [0.5, 0.6) is 0 Å². The zero-order chi connectivity index (χ0) is 18.0. The number of carbonyl (C=O) groups is 1. The minimum absolute atomic E-state index is 0.0965. The van der Waals surface area contributed by atoms with Gasteiger partial charge in [-0.15, -0.1) is 0 Å². The van der Waals surface area contributed by atoms with Crippen molar-refractivity contribution in [3.63, 3.8) is 0 Å². The lowest BCUT2D eigenvalue weighted by molar-refractivity contribution is -0.384. The second-order valence-electron chi connectivity index (χ2n) is 5.91. The molecule has 1 amide bonds. The van der Waals surface area contributed by atoms with Crippen molar-refractivity contribution < 1.29 is 9.72 Å². The van der Waals surface area contributed by atoms with Crippen LogP contribution in [0, 0.1) is 30.9 Å². The van der Waals surface area contributed by atoms with Crippen molar-refractivity contribution in [1.82, 2.24) is 5.32 Å². The molecule has 1 atom stereocenters. The number of halogens is 1. The SMILES string of the molecule is Cc1cc(C)c([C@@H](C)NC(=O)c2cc([N+](=O)[O-])ccc2Cl)cc1C. The van der Waals surface area contributed by atoms with Crippen molar-refractivity contribution in [2.45, 2.75) is 33.7 Å². The van der Waals surface area contributed by atoms with Gasteiger partial charge in [-0.25, -0.2) is 0 Å². The summed E-state index contributed by atoms with van der Waals surface area (Å²) in [5, 5.41) is 13.9. The van der Waals surface area contributed by atoms with Crippen molar-refractivity contribution in [2.24, 2.45) is 0 Å². The number of nitro benzene ring substituents is 1. The van der Waals surface area contributed by atoms with Gasteiger partial charge in [0.2, 0.25) is 0 Å². The Labute approximate surface area is 145 Å². The van der Waals surface area contributed by atoms with Crippen LogP contribution < -0.4 is 5.32 Å². The number of nitrogens with one attached hydrogen (secondary N) is 1. The average molecular weight is 347 g/mol. The summed E-state index contributed by atoms with van der Waals surface area (Å²) in [5.41, 5.74) is 4.35. The first-order valence-electron chi connectivity index (χ1n) is 7.53. The van der Waals surface area contributed by atoms with Crippen LogP contribution in [0.3, 0.4) is 0 Å². The zero-order valence-corrected chi connectivity index (χ0v) is 14.8. The van der Waals surface area contributed by atoms with Crippen molar-refractivity contribution in [3.05, 3.63) is 73.3 Å². The van der Waals surface area contributed by atoms with Gasteiger partial charge >= 0.3 is 0 Å². The fourth-order valence-corrected chi connectivity index (χ4v) is 2.81. The van der Waals surface area contributed by atoms with Crippen LogP contribution in [-0.2, 0) is 0 Å². The highest BCUT2D eigenvalue weighted by Crippen LogP contribution is 2.25. The summed E-state index contributed by atoms with van der Waals surface area (Å²) in [6.45, 7) is 7.92. The minimum atomic E-state index is -0.552. The van der Waals surface area contributed by atoms with Gasteiger partial charge in [-0.3, -0.25) is 14.9 Å². The smallest absolute Gasteiger partial charge is 0.270 e. The standard InChI is InChI=1S/C18H19ClN2O3/c1-10-7-12(3)15(8-11(10)2)13(4)20-18(22)16-9-14(21(23)24)5-6-17(16)19/h5-9,13H,1-4H3,(H,20,22)/t13-/m1/s1. The molecule has 0 bridgehead atoms. The van der Waals surface area contributed by atoms with E-state index >= 15 is 0 Å². The molecule has 126 valence electrons. The molecule has 24 heavy (non-hydrogen) atoms.